The van der Waals surface area contributed by atoms with Gasteiger partial charge in [0.25, 0.3) is 5.91 Å². The van der Waals surface area contributed by atoms with Gasteiger partial charge >= 0.3 is 11.9 Å². The standard InChI is InChI=1S/C15H11N3O6/c16-18-13(20)10-6-7(4-5-17-10)12(19)8-2-1-3-9(14(21)22)11(8)15(23)24/h1-6H,16H2,(H,18,20)(H,21,22)(H,23,24). The van der Waals surface area contributed by atoms with Crippen LogP contribution in [0.3, 0.4) is 0 Å². The average molecular weight is 329 g/mol. The van der Waals surface area contributed by atoms with Gasteiger partial charge in [-0.25, -0.2) is 15.4 Å². The molecule has 0 aliphatic heterocycles. The number of aromatic nitrogens is 1. The molecule has 2 aromatic rings. The molecule has 0 spiro atoms. The molecule has 0 bridgehead atoms. The molecule has 24 heavy (non-hydrogen) atoms. The zero-order valence-electron chi connectivity index (χ0n) is 12.0. The number of nitrogens with two attached hydrogens (primary N) is 1. The fourth-order valence-electron chi connectivity index (χ4n) is 2.08. The maximum absolute atomic E-state index is 12.6. The molecule has 2 rings (SSSR count). The van der Waals surface area contributed by atoms with E-state index in [1.807, 2.05) is 5.43 Å². The molecule has 0 fully saturated rings. The Kier molecular flexibility index (Phi) is 4.66. The SMILES string of the molecule is NNC(=O)c1cc(C(=O)c2cccc(C(=O)O)c2C(=O)O)ccn1. The van der Waals surface area contributed by atoms with Crippen LogP contribution in [0.25, 0.3) is 0 Å². The minimum atomic E-state index is -1.55. The summed E-state index contributed by atoms with van der Waals surface area (Å²) in [6.07, 6.45) is 1.18. The van der Waals surface area contributed by atoms with E-state index in [1.54, 1.807) is 0 Å². The number of hydrogen-bond acceptors (Lipinski definition) is 6. The van der Waals surface area contributed by atoms with Gasteiger partial charge in [-0.2, -0.15) is 0 Å². The molecule has 1 heterocycles. The Morgan fingerprint density at radius 1 is 1.00 bits per heavy atom. The zero-order chi connectivity index (χ0) is 17.9. The first-order valence-electron chi connectivity index (χ1n) is 6.48. The van der Waals surface area contributed by atoms with Crippen molar-refractivity contribution >= 4 is 23.6 Å². The molecule has 1 aromatic carbocycles. The predicted molar refractivity (Wildman–Crippen MR) is 79.7 cm³/mol. The quantitative estimate of drug-likeness (QED) is 0.264. The van der Waals surface area contributed by atoms with Crippen LogP contribution in [0.15, 0.2) is 36.5 Å². The molecule has 1 amide bonds. The molecule has 122 valence electrons. The number of rotatable bonds is 5. The zero-order valence-corrected chi connectivity index (χ0v) is 12.0. The van der Waals surface area contributed by atoms with Gasteiger partial charge in [-0.15, -0.1) is 0 Å². The molecular weight excluding hydrogens is 318 g/mol. The third-order valence-electron chi connectivity index (χ3n) is 3.14. The Morgan fingerprint density at radius 3 is 2.25 bits per heavy atom. The summed E-state index contributed by atoms with van der Waals surface area (Å²) in [6.45, 7) is 0. The summed E-state index contributed by atoms with van der Waals surface area (Å²) in [4.78, 5) is 50.3. The molecule has 5 N–H and O–H groups in total. The van der Waals surface area contributed by atoms with E-state index >= 15 is 0 Å². The van der Waals surface area contributed by atoms with Gasteiger partial charge in [0.05, 0.1) is 11.1 Å². The number of ketones is 1. The molecule has 0 unspecified atom stereocenters. The number of amides is 1. The van der Waals surface area contributed by atoms with Gasteiger partial charge in [0, 0.05) is 17.3 Å². The smallest absolute Gasteiger partial charge is 0.337 e. The van der Waals surface area contributed by atoms with Crippen molar-refractivity contribution in [2.45, 2.75) is 0 Å². The molecule has 0 atom stereocenters. The predicted octanol–water partition coefficient (Wildman–Crippen LogP) is 0.312. The number of carboxylic acids is 2. The van der Waals surface area contributed by atoms with Crippen LogP contribution in [0.4, 0.5) is 0 Å². The molecule has 9 nitrogen and oxygen atoms in total. The summed E-state index contributed by atoms with van der Waals surface area (Å²) in [5.74, 6) is 0.474. The number of pyridine rings is 1. The van der Waals surface area contributed by atoms with Crippen molar-refractivity contribution in [3.8, 4) is 0 Å². The normalized spacial score (nSPS) is 10.0. The monoisotopic (exact) mass is 329 g/mol. The van der Waals surface area contributed by atoms with Crippen LogP contribution in [0.5, 0.6) is 0 Å². The number of benzene rings is 1. The number of hydrazine groups is 1. The summed E-state index contributed by atoms with van der Waals surface area (Å²) in [5, 5.41) is 18.4. The fourth-order valence-corrected chi connectivity index (χ4v) is 2.08. The van der Waals surface area contributed by atoms with E-state index in [0.29, 0.717) is 0 Å². The first-order valence-corrected chi connectivity index (χ1v) is 6.48. The number of hydrogen-bond donors (Lipinski definition) is 4. The lowest BCUT2D eigenvalue weighted by Crippen LogP contribution is -2.30. The summed E-state index contributed by atoms with van der Waals surface area (Å²) >= 11 is 0. The summed E-state index contributed by atoms with van der Waals surface area (Å²) in [5.41, 5.74) is 0.227. The number of carboxylic acid groups (broad SMARTS) is 2. The van der Waals surface area contributed by atoms with E-state index in [2.05, 4.69) is 4.98 Å². The van der Waals surface area contributed by atoms with Crippen LogP contribution in [-0.4, -0.2) is 38.8 Å². The topological polar surface area (TPSA) is 160 Å². The molecule has 0 aliphatic carbocycles. The summed E-state index contributed by atoms with van der Waals surface area (Å²) < 4.78 is 0. The highest BCUT2D eigenvalue weighted by Gasteiger charge is 2.24. The van der Waals surface area contributed by atoms with Crippen LogP contribution in [0.1, 0.15) is 47.1 Å². The highest BCUT2D eigenvalue weighted by atomic mass is 16.4. The van der Waals surface area contributed by atoms with E-state index in [1.165, 1.54) is 24.4 Å². The third-order valence-corrected chi connectivity index (χ3v) is 3.14. The Hall–Kier alpha value is -3.59. The molecule has 9 heteroatoms. The number of aromatic carboxylic acids is 2. The van der Waals surface area contributed by atoms with Gasteiger partial charge in [-0.3, -0.25) is 20.0 Å². The van der Waals surface area contributed by atoms with E-state index < -0.39 is 34.8 Å². The second kappa shape index (κ2) is 6.67. The maximum atomic E-state index is 12.6. The van der Waals surface area contributed by atoms with E-state index in [4.69, 9.17) is 10.9 Å². The second-order valence-electron chi connectivity index (χ2n) is 4.57. The number of carbonyl (C=O) groups is 4. The van der Waals surface area contributed by atoms with Gasteiger partial charge in [-0.05, 0) is 18.2 Å². The molecule has 0 saturated carbocycles. The van der Waals surface area contributed by atoms with Crippen LogP contribution in [0, 0.1) is 0 Å². The molecule has 1 aromatic heterocycles. The van der Waals surface area contributed by atoms with E-state index in [9.17, 15) is 24.3 Å². The third kappa shape index (κ3) is 3.10. The number of nitrogens with one attached hydrogen (secondary N) is 1. The Balaban J connectivity index is 2.59. The van der Waals surface area contributed by atoms with Gasteiger partial charge in [-0.1, -0.05) is 12.1 Å². The van der Waals surface area contributed by atoms with Crippen LogP contribution >= 0.6 is 0 Å². The van der Waals surface area contributed by atoms with Gasteiger partial charge < -0.3 is 10.2 Å². The van der Waals surface area contributed by atoms with Gasteiger partial charge in [0.1, 0.15) is 5.69 Å². The van der Waals surface area contributed by atoms with Gasteiger partial charge in [0.15, 0.2) is 5.78 Å². The average Bonchev–Trinajstić information content (AvgIpc) is 2.59. The van der Waals surface area contributed by atoms with Crippen molar-refractivity contribution < 1.29 is 29.4 Å². The van der Waals surface area contributed by atoms with Crippen molar-refractivity contribution in [1.82, 2.24) is 10.4 Å². The lowest BCUT2D eigenvalue weighted by atomic mass is 9.94. The Bertz CT molecular complexity index is 862. The maximum Gasteiger partial charge on any atom is 0.337 e. The molecule has 0 radical (unpaired) electrons. The Morgan fingerprint density at radius 2 is 1.67 bits per heavy atom. The fraction of sp³-hybridized carbons (Fsp3) is 0. The molecule has 0 saturated heterocycles. The summed E-state index contributed by atoms with van der Waals surface area (Å²) in [7, 11) is 0. The van der Waals surface area contributed by atoms with Crippen LogP contribution < -0.4 is 11.3 Å². The van der Waals surface area contributed by atoms with Gasteiger partial charge in [0.2, 0.25) is 0 Å². The Labute approximate surface area is 134 Å². The molecular formula is C15H11N3O6. The lowest BCUT2D eigenvalue weighted by Gasteiger charge is -2.09. The van der Waals surface area contributed by atoms with E-state index in [-0.39, 0.29) is 16.8 Å². The highest BCUT2D eigenvalue weighted by molar-refractivity contribution is 6.17. The first kappa shape index (κ1) is 16.8. The molecule has 0 aliphatic rings. The van der Waals surface area contributed by atoms with Crippen LogP contribution in [0.2, 0.25) is 0 Å². The number of nitrogen functional groups attached to an aromatic ring is 1. The largest absolute Gasteiger partial charge is 0.478 e. The van der Waals surface area contributed by atoms with Crippen molar-refractivity contribution in [2.24, 2.45) is 5.84 Å². The van der Waals surface area contributed by atoms with Crippen molar-refractivity contribution in [1.29, 1.82) is 0 Å². The number of nitrogens with zero attached hydrogens (tertiary/aromatic N) is 1. The number of carbonyl (C=O) groups excluding carboxylic acids is 2. The van der Waals surface area contributed by atoms with Crippen molar-refractivity contribution in [3.05, 3.63) is 64.5 Å². The van der Waals surface area contributed by atoms with Crippen molar-refractivity contribution in [2.75, 3.05) is 0 Å². The highest BCUT2D eigenvalue weighted by Crippen LogP contribution is 2.19. The second-order valence-corrected chi connectivity index (χ2v) is 4.57. The first-order chi connectivity index (χ1) is 11.4. The minimum absolute atomic E-state index is 0.0337. The van der Waals surface area contributed by atoms with E-state index in [0.717, 1.165) is 12.1 Å². The minimum Gasteiger partial charge on any atom is -0.478 e. The lowest BCUT2D eigenvalue weighted by molar-refractivity contribution is 0.0649. The van der Waals surface area contributed by atoms with Crippen LogP contribution in [-0.2, 0) is 0 Å². The van der Waals surface area contributed by atoms with Crippen molar-refractivity contribution in [3.63, 3.8) is 0 Å². The summed E-state index contributed by atoms with van der Waals surface area (Å²) in [6, 6.07) is 5.94.